The van der Waals surface area contributed by atoms with Crippen LogP contribution in [0.15, 0.2) is 36.7 Å². The molecule has 0 aliphatic heterocycles. The molecule has 0 amide bonds. The Balaban J connectivity index is 2.53. The predicted molar refractivity (Wildman–Crippen MR) is 53.4 cm³/mol. The third-order valence-corrected chi connectivity index (χ3v) is 2.10. The molecule has 13 heavy (non-hydrogen) atoms. The maximum absolute atomic E-state index is 4.29. The number of imidazole rings is 1. The first-order valence-corrected chi connectivity index (χ1v) is 4.32. The third-order valence-electron chi connectivity index (χ3n) is 2.10. The van der Waals surface area contributed by atoms with Crippen molar-refractivity contribution < 1.29 is 0 Å². The van der Waals surface area contributed by atoms with E-state index in [2.05, 4.69) is 36.2 Å². The molecule has 0 unspecified atom stereocenters. The largest absolute Gasteiger partial charge is 0.334 e. The fraction of sp³-hybridized carbons (Fsp3) is 0.182. The molecule has 2 nitrogen and oxygen atoms in total. The zero-order valence-electron chi connectivity index (χ0n) is 7.86. The van der Waals surface area contributed by atoms with E-state index in [1.165, 1.54) is 11.1 Å². The molecule has 0 N–H and O–H groups in total. The summed E-state index contributed by atoms with van der Waals surface area (Å²) >= 11 is 0. The average Bonchev–Trinajstić information content (AvgIpc) is 2.51. The minimum atomic E-state index is 1.02. The van der Waals surface area contributed by atoms with Crippen LogP contribution < -0.4 is 0 Å². The van der Waals surface area contributed by atoms with Crippen LogP contribution in [0.2, 0.25) is 0 Å². The van der Waals surface area contributed by atoms with Crippen molar-refractivity contribution >= 4 is 0 Å². The van der Waals surface area contributed by atoms with Gasteiger partial charge in [-0.3, -0.25) is 0 Å². The zero-order chi connectivity index (χ0) is 9.26. The smallest absolute Gasteiger partial charge is 0.139 e. The van der Waals surface area contributed by atoms with Crippen molar-refractivity contribution in [3.63, 3.8) is 0 Å². The number of hydrogen-bond acceptors (Lipinski definition) is 1. The van der Waals surface area contributed by atoms with E-state index in [1.54, 1.807) is 0 Å². The van der Waals surface area contributed by atoms with Crippen LogP contribution in [0.25, 0.3) is 11.4 Å². The molecule has 2 heteroatoms. The van der Waals surface area contributed by atoms with Gasteiger partial charge in [-0.2, -0.15) is 0 Å². The number of rotatable bonds is 1. The summed E-state index contributed by atoms with van der Waals surface area (Å²) in [6.07, 6.45) is 3.77. The highest BCUT2D eigenvalue weighted by Gasteiger charge is 2.01. The monoisotopic (exact) mass is 172 g/mol. The second-order valence-corrected chi connectivity index (χ2v) is 3.23. The number of hydrogen-bond donors (Lipinski definition) is 0. The summed E-state index contributed by atoms with van der Waals surface area (Å²) in [5, 5.41) is 0. The summed E-state index contributed by atoms with van der Waals surface area (Å²) in [6.45, 7) is 2.09. The Labute approximate surface area is 77.9 Å². The van der Waals surface area contributed by atoms with Crippen LogP contribution >= 0.6 is 0 Å². The second-order valence-electron chi connectivity index (χ2n) is 3.23. The fourth-order valence-corrected chi connectivity index (χ4v) is 1.43. The topological polar surface area (TPSA) is 17.8 Å². The number of aromatic nitrogens is 2. The van der Waals surface area contributed by atoms with Gasteiger partial charge in [0.25, 0.3) is 0 Å². The molecule has 2 aromatic rings. The highest BCUT2D eigenvalue weighted by Crippen LogP contribution is 2.17. The number of benzene rings is 1. The molecule has 0 bridgehead atoms. The number of aryl methyl sites for hydroxylation is 2. The van der Waals surface area contributed by atoms with Crippen molar-refractivity contribution in [1.82, 2.24) is 9.55 Å². The Kier molecular flexibility index (Phi) is 1.89. The van der Waals surface area contributed by atoms with Crippen LogP contribution in [0.3, 0.4) is 0 Å². The standard InChI is InChI=1S/C11H12N2/c1-9-4-3-5-10(8-9)11-12-6-7-13(11)2/h3-8H,1-2H3. The molecule has 1 heterocycles. The minimum absolute atomic E-state index is 1.02. The Morgan fingerprint density at radius 1 is 1.31 bits per heavy atom. The van der Waals surface area contributed by atoms with Crippen molar-refractivity contribution in [1.29, 1.82) is 0 Å². The SMILES string of the molecule is Cc1cccc(-c2nccn2C)c1. The molecule has 0 atom stereocenters. The highest BCUT2D eigenvalue weighted by atomic mass is 15.0. The van der Waals surface area contributed by atoms with E-state index in [0.717, 1.165) is 5.82 Å². The van der Waals surface area contributed by atoms with E-state index in [9.17, 15) is 0 Å². The molecule has 0 aliphatic rings. The molecule has 0 radical (unpaired) electrons. The number of nitrogens with zero attached hydrogens (tertiary/aromatic N) is 2. The molecule has 1 aromatic heterocycles. The Bertz CT molecular complexity index is 416. The summed E-state index contributed by atoms with van der Waals surface area (Å²) < 4.78 is 2.02. The van der Waals surface area contributed by atoms with Gasteiger partial charge in [-0.25, -0.2) is 4.98 Å². The zero-order valence-corrected chi connectivity index (χ0v) is 7.86. The van der Waals surface area contributed by atoms with Crippen molar-refractivity contribution in [3.8, 4) is 11.4 Å². The second kappa shape index (κ2) is 3.05. The van der Waals surface area contributed by atoms with Crippen molar-refractivity contribution in [3.05, 3.63) is 42.2 Å². The van der Waals surface area contributed by atoms with E-state index in [1.807, 2.05) is 24.0 Å². The average molecular weight is 172 g/mol. The molecule has 0 spiro atoms. The van der Waals surface area contributed by atoms with Crippen molar-refractivity contribution in [2.75, 3.05) is 0 Å². The van der Waals surface area contributed by atoms with Crippen molar-refractivity contribution in [2.45, 2.75) is 6.92 Å². The van der Waals surface area contributed by atoms with Gasteiger partial charge >= 0.3 is 0 Å². The summed E-state index contributed by atoms with van der Waals surface area (Å²) in [7, 11) is 2.00. The van der Waals surface area contributed by atoms with E-state index < -0.39 is 0 Å². The molecule has 0 saturated heterocycles. The van der Waals surface area contributed by atoms with Crippen LogP contribution in [-0.2, 0) is 7.05 Å². The maximum atomic E-state index is 4.29. The summed E-state index contributed by atoms with van der Waals surface area (Å²) in [4.78, 5) is 4.29. The normalized spacial score (nSPS) is 10.3. The molecule has 0 saturated carbocycles. The Morgan fingerprint density at radius 2 is 2.15 bits per heavy atom. The lowest BCUT2D eigenvalue weighted by molar-refractivity contribution is 0.924. The Morgan fingerprint density at radius 3 is 2.77 bits per heavy atom. The first-order valence-electron chi connectivity index (χ1n) is 4.32. The molecule has 0 aliphatic carbocycles. The van der Waals surface area contributed by atoms with Crippen molar-refractivity contribution in [2.24, 2.45) is 7.05 Å². The van der Waals surface area contributed by atoms with Gasteiger partial charge in [0.2, 0.25) is 0 Å². The predicted octanol–water partition coefficient (Wildman–Crippen LogP) is 2.40. The Hall–Kier alpha value is -1.57. The third kappa shape index (κ3) is 1.47. The lowest BCUT2D eigenvalue weighted by atomic mass is 10.1. The molecular weight excluding hydrogens is 160 g/mol. The fourth-order valence-electron chi connectivity index (χ4n) is 1.43. The van der Waals surface area contributed by atoms with Gasteiger partial charge < -0.3 is 4.57 Å². The van der Waals surface area contributed by atoms with Gasteiger partial charge in [-0.05, 0) is 13.0 Å². The van der Waals surface area contributed by atoms with Gasteiger partial charge in [0, 0.05) is 25.0 Å². The lowest BCUT2D eigenvalue weighted by Crippen LogP contribution is -1.90. The van der Waals surface area contributed by atoms with Crippen LogP contribution in [0.4, 0.5) is 0 Å². The summed E-state index contributed by atoms with van der Waals surface area (Å²) in [6, 6.07) is 8.36. The molecule has 1 aromatic carbocycles. The van der Waals surface area contributed by atoms with Crippen LogP contribution in [0.5, 0.6) is 0 Å². The van der Waals surface area contributed by atoms with E-state index >= 15 is 0 Å². The summed E-state index contributed by atoms with van der Waals surface area (Å²) in [5.41, 5.74) is 2.44. The van der Waals surface area contributed by atoms with Crippen LogP contribution in [0.1, 0.15) is 5.56 Å². The van der Waals surface area contributed by atoms with Crippen LogP contribution in [-0.4, -0.2) is 9.55 Å². The summed E-state index contributed by atoms with van der Waals surface area (Å²) in [5.74, 6) is 1.02. The quantitative estimate of drug-likeness (QED) is 0.645. The molecule has 66 valence electrons. The van der Waals surface area contributed by atoms with Gasteiger partial charge in [0.05, 0.1) is 0 Å². The molecular formula is C11H12N2. The molecule has 2 rings (SSSR count). The van der Waals surface area contributed by atoms with E-state index in [4.69, 9.17) is 0 Å². The van der Waals surface area contributed by atoms with Gasteiger partial charge in [-0.15, -0.1) is 0 Å². The first-order chi connectivity index (χ1) is 6.27. The van der Waals surface area contributed by atoms with Gasteiger partial charge in [0.15, 0.2) is 0 Å². The maximum Gasteiger partial charge on any atom is 0.139 e. The van der Waals surface area contributed by atoms with Gasteiger partial charge in [0.1, 0.15) is 5.82 Å². The van der Waals surface area contributed by atoms with Crippen LogP contribution in [0, 0.1) is 6.92 Å². The van der Waals surface area contributed by atoms with E-state index in [0.29, 0.717) is 0 Å². The van der Waals surface area contributed by atoms with E-state index in [-0.39, 0.29) is 0 Å². The lowest BCUT2D eigenvalue weighted by Gasteiger charge is -2.01. The molecule has 0 fully saturated rings. The van der Waals surface area contributed by atoms with Gasteiger partial charge in [-0.1, -0.05) is 23.8 Å². The minimum Gasteiger partial charge on any atom is -0.334 e. The first kappa shape index (κ1) is 8.05. The highest BCUT2D eigenvalue weighted by molar-refractivity contribution is 5.56.